The Morgan fingerprint density at radius 1 is 1.07 bits per heavy atom. The molecule has 0 radical (unpaired) electrons. The molecule has 8 heteroatoms. The molecular formula is C19H17ClF3NO3. The van der Waals surface area contributed by atoms with E-state index in [9.17, 15) is 22.8 Å². The summed E-state index contributed by atoms with van der Waals surface area (Å²) in [5.41, 5.74) is 0.117. The van der Waals surface area contributed by atoms with E-state index in [4.69, 9.17) is 16.7 Å². The van der Waals surface area contributed by atoms with Crippen molar-refractivity contribution in [1.82, 2.24) is 5.32 Å². The number of rotatable bonds is 7. The Morgan fingerprint density at radius 3 is 2.37 bits per heavy atom. The second-order valence-electron chi connectivity index (χ2n) is 6.07. The molecule has 0 spiro atoms. The Morgan fingerprint density at radius 2 is 1.74 bits per heavy atom. The van der Waals surface area contributed by atoms with E-state index in [1.54, 1.807) is 24.3 Å². The largest absolute Gasteiger partial charge is 0.481 e. The first-order valence-electron chi connectivity index (χ1n) is 8.05. The molecule has 0 saturated heterocycles. The summed E-state index contributed by atoms with van der Waals surface area (Å²) in [6, 6.07) is 10.4. The molecule has 2 aromatic carbocycles. The number of amides is 1. The summed E-state index contributed by atoms with van der Waals surface area (Å²) in [6.45, 7) is 0. The maximum atomic E-state index is 12.8. The monoisotopic (exact) mass is 399 g/mol. The Kier molecular flexibility index (Phi) is 6.85. The summed E-state index contributed by atoms with van der Waals surface area (Å²) in [4.78, 5) is 23.3. The van der Waals surface area contributed by atoms with Crippen molar-refractivity contribution in [3.8, 4) is 0 Å². The van der Waals surface area contributed by atoms with Crippen LogP contribution in [0.5, 0.6) is 0 Å². The fourth-order valence-electron chi connectivity index (χ4n) is 2.66. The lowest BCUT2D eigenvalue weighted by Gasteiger charge is -2.18. The van der Waals surface area contributed by atoms with Crippen molar-refractivity contribution >= 4 is 23.5 Å². The highest BCUT2D eigenvalue weighted by Crippen LogP contribution is 2.29. The van der Waals surface area contributed by atoms with Crippen LogP contribution in [-0.2, 0) is 28.6 Å². The molecule has 0 aliphatic heterocycles. The van der Waals surface area contributed by atoms with Gasteiger partial charge in [-0.3, -0.25) is 9.59 Å². The van der Waals surface area contributed by atoms with E-state index in [1.807, 2.05) is 0 Å². The number of nitrogens with one attached hydrogen (secondary N) is 1. The first-order chi connectivity index (χ1) is 12.6. The molecule has 0 aliphatic carbocycles. The molecule has 2 aromatic rings. The molecule has 0 aromatic heterocycles. The molecule has 1 atom stereocenters. The van der Waals surface area contributed by atoms with Crippen LogP contribution in [0.3, 0.4) is 0 Å². The van der Waals surface area contributed by atoms with Gasteiger partial charge >= 0.3 is 12.1 Å². The van der Waals surface area contributed by atoms with Crippen LogP contribution in [0.2, 0.25) is 5.02 Å². The highest BCUT2D eigenvalue weighted by molar-refractivity contribution is 6.30. The minimum absolute atomic E-state index is 0.0146. The smallest absolute Gasteiger partial charge is 0.416 e. The van der Waals surface area contributed by atoms with Gasteiger partial charge in [-0.2, -0.15) is 13.2 Å². The van der Waals surface area contributed by atoms with Crippen molar-refractivity contribution in [2.24, 2.45) is 0 Å². The summed E-state index contributed by atoms with van der Waals surface area (Å²) in [6.07, 6.45) is -4.94. The average molecular weight is 400 g/mol. The van der Waals surface area contributed by atoms with E-state index in [0.717, 1.165) is 12.1 Å². The van der Waals surface area contributed by atoms with Gasteiger partial charge in [0.05, 0.1) is 18.4 Å². The Hall–Kier alpha value is -2.54. The molecule has 0 aliphatic rings. The molecule has 144 valence electrons. The van der Waals surface area contributed by atoms with Gasteiger partial charge in [0.1, 0.15) is 0 Å². The zero-order valence-corrected chi connectivity index (χ0v) is 14.8. The van der Waals surface area contributed by atoms with Crippen molar-refractivity contribution in [2.75, 3.05) is 0 Å². The number of aliphatic carboxylic acids is 1. The van der Waals surface area contributed by atoms with E-state index >= 15 is 0 Å². The Bertz CT molecular complexity index is 824. The van der Waals surface area contributed by atoms with Crippen LogP contribution in [0.25, 0.3) is 0 Å². The third-order valence-corrected chi connectivity index (χ3v) is 4.01. The van der Waals surface area contributed by atoms with E-state index < -0.39 is 36.1 Å². The van der Waals surface area contributed by atoms with Gasteiger partial charge in [-0.05, 0) is 35.7 Å². The predicted molar refractivity (Wildman–Crippen MR) is 94.5 cm³/mol. The molecule has 2 rings (SSSR count). The summed E-state index contributed by atoms with van der Waals surface area (Å²) in [7, 11) is 0. The molecule has 27 heavy (non-hydrogen) atoms. The van der Waals surface area contributed by atoms with Gasteiger partial charge in [0.2, 0.25) is 5.91 Å². The standard InChI is InChI=1S/C19H17ClF3NO3/c20-15-6-2-4-13(8-15)10-17(25)24-16(11-18(26)27)9-12-3-1-5-14(7-12)19(21,22)23/h1-8,16H,9-11H2,(H,24,25)(H,26,27)/t16-/m0/s1. The minimum atomic E-state index is -4.49. The van der Waals surface area contributed by atoms with Crippen LogP contribution < -0.4 is 5.32 Å². The zero-order chi connectivity index (χ0) is 20.0. The zero-order valence-electron chi connectivity index (χ0n) is 14.1. The van der Waals surface area contributed by atoms with Crippen molar-refractivity contribution in [2.45, 2.75) is 31.5 Å². The molecule has 0 heterocycles. The summed E-state index contributed by atoms with van der Waals surface area (Å²) in [5.74, 6) is -1.59. The fraction of sp³-hybridized carbons (Fsp3) is 0.263. The van der Waals surface area contributed by atoms with E-state index in [1.165, 1.54) is 12.1 Å². The van der Waals surface area contributed by atoms with Gasteiger partial charge in [-0.15, -0.1) is 0 Å². The number of halogens is 4. The number of alkyl halides is 3. The van der Waals surface area contributed by atoms with E-state index in [-0.39, 0.29) is 12.8 Å². The SMILES string of the molecule is O=C(O)C[C@H](Cc1cccc(C(F)(F)F)c1)NC(=O)Cc1cccc(Cl)c1. The second-order valence-corrected chi connectivity index (χ2v) is 6.51. The third-order valence-electron chi connectivity index (χ3n) is 3.78. The maximum Gasteiger partial charge on any atom is 0.416 e. The number of carbonyl (C=O) groups is 2. The number of carbonyl (C=O) groups excluding carboxylic acids is 1. The van der Waals surface area contributed by atoms with Crippen molar-refractivity contribution < 1.29 is 27.9 Å². The summed E-state index contributed by atoms with van der Waals surface area (Å²) in [5, 5.41) is 12.1. The van der Waals surface area contributed by atoms with E-state index in [0.29, 0.717) is 16.1 Å². The van der Waals surface area contributed by atoms with Crippen molar-refractivity contribution in [3.05, 3.63) is 70.2 Å². The number of carboxylic acids is 1. The summed E-state index contributed by atoms with van der Waals surface area (Å²) < 4.78 is 38.5. The highest BCUT2D eigenvalue weighted by Gasteiger charge is 2.30. The van der Waals surface area contributed by atoms with Gasteiger partial charge in [-0.25, -0.2) is 0 Å². The Balaban J connectivity index is 2.09. The topological polar surface area (TPSA) is 66.4 Å². The van der Waals surface area contributed by atoms with Crippen LogP contribution in [0, 0.1) is 0 Å². The number of hydrogen-bond acceptors (Lipinski definition) is 2. The lowest BCUT2D eigenvalue weighted by molar-refractivity contribution is -0.139. The molecule has 1 amide bonds. The normalized spacial score (nSPS) is 12.4. The second kappa shape index (κ2) is 8.90. The van der Waals surface area contributed by atoms with Gasteiger partial charge in [0, 0.05) is 11.1 Å². The first kappa shape index (κ1) is 20.8. The lowest BCUT2D eigenvalue weighted by atomic mass is 10.0. The highest BCUT2D eigenvalue weighted by atomic mass is 35.5. The average Bonchev–Trinajstić information content (AvgIpc) is 2.53. The van der Waals surface area contributed by atoms with Crippen molar-refractivity contribution in [1.29, 1.82) is 0 Å². The fourth-order valence-corrected chi connectivity index (χ4v) is 2.87. The molecule has 0 bridgehead atoms. The van der Waals surface area contributed by atoms with Gasteiger partial charge in [0.25, 0.3) is 0 Å². The van der Waals surface area contributed by atoms with E-state index in [2.05, 4.69) is 5.32 Å². The van der Waals surface area contributed by atoms with Gasteiger partial charge in [0.15, 0.2) is 0 Å². The van der Waals surface area contributed by atoms with Crippen LogP contribution >= 0.6 is 11.6 Å². The first-order valence-corrected chi connectivity index (χ1v) is 8.43. The number of hydrogen-bond donors (Lipinski definition) is 2. The molecule has 4 nitrogen and oxygen atoms in total. The quantitative estimate of drug-likeness (QED) is 0.736. The molecule has 2 N–H and O–H groups in total. The molecule has 0 unspecified atom stereocenters. The van der Waals surface area contributed by atoms with Crippen LogP contribution in [0.4, 0.5) is 13.2 Å². The minimum Gasteiger partial charge on any atom is -0.481 e. The predicted octanol–water partition coefficient (Wildman–Crippen LogP) is 4.10. The van der Waals surface area contributed by atoms with Crippen molar-refractivity contribution in [3.63, 3.8) is 0 Å². The number of benzene rings is 2. The Labute approximate surface area is 159 Å². The van der Waals surface area contributed by atoms with Gasteiger partial charge < -0.3 is 10.4 Å². The molecular weight excluding hydrogens is 383 g/mol. The van der Waals surface area contributed by atoms with Gasteiger partial charge in [-0.1, -0.05) is 41.9 Å². The molecule has 0 fully saturated rings. The van der Waals surface area contributed by atoms with Crippen LogP contribution in [-0.4, -0.2) is 23.0 Å². The lowest BCUT2D eigenvalue weighted by Crippen LogP contribution is -2.39. The third kappa shape index (κ3) is 6.94. The number of carboxylic acid groups (broad SMARTS) is 1. The maximum absolute atomic E-state index is 12.8. The van der Waals surface area contributed by atoms with Crippen LogP contribution in [0.1, 0.15) is 23.1 Å². The summed E-state index contributed by atoms with van der Waals surface area (Å²) >= 11 is 5.86. The molecule has 0 saturated carbocycles. The van der Waals surface area contributed by atoms with Crippen LogP contribution in [0.15, 0.2) is 48.5 Å².